The van der Waals surface area contributed by atoms with Crippen molar-refractivity contribution < 1.29 is 9.84 Å². The van der Waals surface area contributed by atoms with Crippen LogP contribution in [0.5, 0.6) is 5.75 Å². The van der Waals surface area contributed by atoms with Gasteiger partial charge in [0.05, 0.1) is 6.61 Å². The summed E-state index contributed by atoms with van der Waals surface area (Å²) in [6.45, 7) is 1.38. The molecule has 0 fully saturated rings. The van der Waals surface area contributed by atoms with Gasteiger partial charge in [-0.15, -0.1) is 0 Å². The Hall–Kier alpha value is -1.84. The molecule has 0 bridgehead atoms. The molecule has 0 saturated heterocycles. The van der Waals surface area contributed by atoms with Crippen molar-refractivity contribution in [2.75, 3.05) is 13.2 Å². The van der Waals surface area contributed by atoms with Crippen LogP contribution in [-0.4, -0.2) is 18.3 Å². The molecule has 20 heavy (non-hydrogen) atoms. The van der Waals surface area contributed by atoms with E-state index in [0.29, 0.717) is 6.54 Å². The summed E-state index contributed by atoms with van der Waals surface area (Å²) in [6, 6.07) is 13.9. The zero-order chi connectivity index (χ0) is 13.9. The Morgan fingerprint density at radius 2 is 1.85 bits per heavy atom. The average molecular weight is 269 g/mol. The summed E-state index contributed by atoms with van der Waals surface area (Å²) in [5, 5.41) is 10.5. The van der Waals surface area contributed by atoms with Crippen molar-refractivity contribution in [3.63, 3.8) is 0 Å². The predicted octanol–water partition coefficient (Wildman–Crippen LogP) is 2.20. The van der Waals surface area contributed by atoms with Crippen molar-refractivity contribution in [2.45, 2.75) is 18.9 Å². The first kappa shape index (κ1) is 13.2. The number of fused-ring (bicyclic) bond motifs is 1. The fourth-order valence-corrected chi connectivity index (χ4v) is 2.60. The van der Waals surface area contributed by atoms with Gasteiger partial charge in [-0.05, 0) is 47.4 Å². The molecular formula is C17H19NO2. The van der Waals surface area contributed by atoms with Gasteiger partial charge in [-0.3, -0.25) is 0 Å². The molecule has 104 valence electrons. The Morgan fingerprint density at radius 1 is 1.10 bits per heavy atom. The number of nitrogens with two attached hydrogens (primary N) is 1. The third-order valence-electron chi connectivity index (χ3n) is 3.76. The Morgan fingerprint density at radius 3 is 2.60 bits per heavy atom. The molecule has 1 aliphatic rings. The first-order valence-electron chi connectivity index (χ1n) is 7.00. The molecule has 3 rings (SSSR count). The summed E-state index contributed by atoms with van der Waals surface area (Å²) < 4.78 is 5.49. The average Bonchev–Trinajstić information content (AvgIpc) is 2.95. The third-order valence-corrected chi connectivity index (χ3v) is 3.76. The highest BCUT2D eigenvalue weighted by molar-refractivity contribution is 5.42. The van der Waals surface area contributed by atoms with Crippen molar-refractivity contribution in [1.82, 2.24) is 0 Å². The summed E-state index contributed by atoms with van der Waals surface area (Å²) in [4.78, 5) is 0. The number of rotatable bonds is 4. The van der Waals surface area contributed by atoms with Gasteiger partial charge in [-0.1, -0.05) is 30.3 Å². The van der Waals surface area contributed by atoms with Crippen molar-refractivity contribution >= 4 is 0 Å². The maximum Gasteiger partial charge on any atom is 0.122 e. The van der Waals surface area contributed by atoms with Gasteiger partial charge in [0, 0.05) is 6.42 Å². The second-order valence-corrected chi connectivity index (χ2v) is 5.15. The topological polar surface area (TPSA) is 55.5 Å². The highest BCUT2D eigenvalue weighted by atomic mass is 16.5. The van der Waals surface area contributed by atoms with Crippen molar-refractivity contribution in [1.29, 1.82) is 0 Å². The summed E-state index contributed by atoms with van der Waals surface area (Å²) in [5.41, 5.74) is 9.75. The van der Waals surface area contributed by atoms with Crippen molar-refractivity contribution in [3.8, 4) is 5.75 Å². The van der Waals surface area contributed by atoms with Crippen LogP contribution in [0.3, 0.4) is 0 Å². The molecule has 1 aliphatic heterocycles. The first-order valence-corrected chi connectivity index (χ1v) is 7.00. The van der Waals surface area contributed by atoms with E-state index < -0.39 is 6.10 Å². The summed E-state index contributed by atoms with van der Waals surface area (Å²) in [5.74, 6) is 0.944. The Bertz CT molecular complexity index is 592. The second kappa shape index (κ2) is 5.65. The van der Waals surface area contributed by atoms with Crippen LogP contribution in [0.1, 0.15) is 28.4 Å². The van der Waals surface area contributed by atoms with Gasteiger partial charge < -0.3 is 15.6 Å². The molecule has 2 aromatic rings. The van der Waals surface area contributed by atoms with Crippen LogP contribution in [0, 0.1) is 0 Å². The number of aliphatic hydroxyl groups excluding tert-OH is 1. The number of benzene rings is 2. The zero-order valence-corrected chi connectivity index (χ0v) is 11.4. The van der Waals surface area contributed by atoms with Crippen LogP contribution in [-0.2, 0) is 12.8 Å². The van der Waals surface area contributed by atoms with Gasteiger partial charge in [0.2, 0.25) is 0 Å². The summed E-state index contributed by atoms with van der Waals surface area (Å²) in [7, 11) is 0. The van der Waals surface area contributed by atoms with Gasteiger partial charge in [0.25, 0.3) is 0 Å². The van der Waals surface area contributed by atoms with Crippen LogP contribution in [0.2, 0.25) is 0 Å². The smallest absolute Gasteiger partial charge is 0.122 e. The van der Waals surface area contributed by atoms with Gasteiger partial charge in [-0.2, -0.15) is 0 Å². The first-order chi connectivity index (χ1) is 9.78. The largest absolute Gasteiger partial charge is 0.493 e. The van der Waals surface area contributed by atoms with Crippen molar-refractivity contribution in [2.24, 2.45) is 5.73 Å². The third kappa shape index (κ3) is 2.55. The zero-order valence-electron chi connectivity index (χ0n) is 11.4. The fraction of sp³-hybridized carbons (Fsp3) is 0.294. The molecule has 2 aromatic carbocycles. The second-order valence-electron chi connectivity index (χ2n) is 5.15. The highest BCUT2D eigenvalue weighted by Gasteiger charge is 2.16. The van der Waals surface area contributed by atoms with Gasteiger partial charge >= 0.3 is 0 Å². The van der Waals surface area contributed by atoms with E-state index >= 15 is 0 Å². The Labute approximate surface area is 119 Å². The van der Waals surface area contributed by atoms with E-state index in [4.69, 9.17) is 10.5 Å². The summed E-state index contributed by atoms with van der Waals surface area (Å²) in [6.07, 6.45) is 1.20. The lowest BCUT2D eigenvalue weighted by Gasteiger charge is -2.13. The van der Waals surface area contributed by atoms with Crippen LogP contribution in [0.25, 0.3) is 0 Å². The minimum absolute atomic E-state index is 0.590. The maximum absolute atomic E-state index is 10.5. The number of ether oxygens (including phenoxy) is 1. The van der Waals surface area contributed by atoms with E-state index in [-0.39, 0.29) is 0 Å². The molecule has 0 amide bonds. The molecule has 1 unspecified atom stereocenters. The van der Waals surface area contributed by atoms with Crippen LogP contribution in [0.15, 0.2) is 42.5 Å². The normalized spacial score (nSPS) is 14.7. The molecule has 0 spiro atoms. The highest BCUT2D eigenvalue weighted by Crippen LogP contribution is 2.30. The number of hydrogen-bond acceptors (Lipinski definition) is 3. The minimum Gasteiger partial charge on any atom is -0.493 e. The fourth-order valence-electron chi connectivity index (χ4n) is 2.60. The monoisotopic (exact) mass is 269 g/mol. The molecule has 0 aliphatic carbocycles. The van der Waals surface area contributed by atoms with E-state index in [1.54, 1.807) is 0 Å². The molecule has 0 radical (unpaired) electrons. The minimum atomic E-state index is -0.590. The predicted molar refractivity (Wildman–Crippen MR) is 78.9 cm³/mol. The number of hydrogen-bond donors (Lipinski definition) is 2. The standard InChI is InChI=1S/C17H19NO2/c18-9-7-12-1-3-13(4-2-12)17(19)15-5-6-16-14(11-15)8-10-20-16/h1-6,11,17,19H,7-10,18H2. The molecular weight excluding hydrogens is 250 g/mol. The van der Waals surface area contributed by atoms with Crippen LogP contribution >= 0.6 is 0 Å². The Balaban J connectivity index is 1.82. The van der Waals surface area contributed by atoms with Gasteiger partial charge in [0.1, 0.15) is 11.9 Å². The molecule has 3 nitrogen and oxygen atoms in total. The Kier molecular flexibility index (Phi) is 3.72. The van der Waals surface area contributed by atoms with E-state index in [2.05, 4.69) is 0 Å². The van der Waals surface area contributed by atoms with Crippen LogP contribution < -0.4 is 10.5 Å². The maximum atomic E-state index is 10.5. The van der Waals surface area contributed by atoms with E-state index in [1.165, 1.54) is 11.1 Å². The lowest BCUT2D eigenvalue weighted by Crippen LogP contribution is -2.04. The molecule has 1 heterocycles. The molecule has 3 heteroatoms. The quantitative estimate of drug-likeness (QED) is 0.894. The lowest BCUT2D eigenvalue weighted by molar-refractivity contribution is 0.220. The summed E-state index contributed by atoms with van der Waals surface area (Å²) >= 11 is 0. The van der Waals surface area contributed by atoms with Crippen LogP contribution in [0.4, 0.5) is 0 Å². The number of aliphatic hydroxyl groups is 1. The van der Waals surface area contributed by atoms with Gasteiger partial charge in [0.15, 0.2) is 0 Å². The molecule has 3 N–H and O–H groups in total. The molecule has 0 aromatic heterocycles. The van der Waals surface area contributed by atoms with E-state index in [1.807, 2.05) is 42.5 Å². The van der Waals surface area contributed by atoms with Crippen molar-refractivity contribution in [3.05, 3.63) is 64.7 Å². The van der Waals surface area contributed by atoms with E-state index in [0.717, 1.165) is 36.3 Å². The van der Waals surface area contributed by atoms with Gasteiger partial charge in [-0.25, -0.2) is 0 Å². The molecule has 0 saturated carbocycles. The van der Waals surface area contributed by atoms with E-state index in [9.17, 15) is 5.11 Å². The lowest BCUT2D eigenvalue weighted by atomic mass is 9.97. The molecule has 1 atom stereocenters. The SMILES string of the molecule is NCCc1ccc(C(O)c2ccc3c(c2)CCO3)cc1.